The highest BCUT2D eigenvalue weighted by Crippen LogP contribution is 2.53. The molecule has 0 radical (unpaired) electrons. The molecule has 0 aliphatic carbocycles. The molecule has 3 aliphatic rings. The van der Waals surface area contributed by atoms with E-state index in [1.807, 2.05) is 4.90 Å². The molecule has 6 heteroatoms. The molecule has 1 fully saturated rings. The van der Waals surface area contributed by atoms with Crippen LogP contribution in [0.3, 0.4) is 0 Å². The predicted octanol–water partition coefficient (Wildman–Crippen LogP) is 1.94. The molecule has 3 heterocycles. The number of amides is 1. The highest BCUT2D eigenvalue weighted by molar-refractivity contribution is 6.15. The number of hydrogen-bond acceptors (Lipinski definition) is 4. The van der Waals surface area contributed by atoms with Gasteiger partial charge in [-0.25, -0.2) is 9.18 Å². The first kappa shape index (κ1) is 14.2. The summed E-state index contributed by atoms with van der Waals surface area (Å²) in [6, 6.07) is 4.07. The van der Waals surface area contributed by atoms with Crippen molar-refractivity contribution in [1.82, 2.24) is 4.90 Å². The maximum atomic E-state index is 13.9. The number of ether oxygens (including phenoxy) is 1. The van der Waals surface area contributed by atoms with Gasteiger partial charge in [-0.3, -0.25) is 4.79 Å². The fourth-order valence-corrected chi connectivity index (χ4v) is 4.17. The topological polar surface area (TPSA) is 58.6 Å². The smallest absolute Gasteiger partial charge is 0.337 e. The molecule has 1 aromatic carbocycles. The van der Waals surface area contributed by atoms with E-state index in [-0.39, 0.29) is 18.6 Å². The number of rotatable bonds is 2. The number of carbonyl (C=O) groups excluding carboxylic acids is 2. The normalized spacial score (nSPS) is 27.7. The number of halogens is 1. The van der Waals surface area contributed by atoms with Crippen LogP contribution in [0.5, 0.6) is 0 Å². The third-order valence-electron chi connectivity index (χ3n) is 5.02. The lowest BCUT2D eigenvalue weighted by molar-refractivity contribution is -0.140. The van der Waals surface area contributed by atoms with E-state index in [2.05, 4.69) is 5.32 Å². The van der Waals surface area contributed by atoms with Gasteiger partial charge in [0.15, 0.2) is 0 Å². The summed E-state index contributed by atoms with van der Waals surface area (Å²) in [5, 5.41) is 2.82. The number of carbonyl (C=O) groups is 2. The highest BCUT2D eigenvalue weighted by Gasteiger charge is 2.62. The summed E-state index contributed by atoms with van der Waals surface area (Å²) in [7, 11) is 0. The number of fused-ring (bicyclic) bond motifs is 4. The number of benzene rings is 1. The zero-order valence-corrected chi connectivity index (χ0v) is 12.8. The molecule has 1 amide bonds. The van der Waals surface area contributed by atoms with Crippen LogP contribution in [0.15, 0.2) is 30.0 Å². The quantitative estimate of drug-likeness (QED) is 0.847. The number of hydrogen-bond donors (Lipinski definition) is 1. The molecule has 1 spiro atoms. The Morgan fingerprint density at radius 3 is 3.13 bits per heavy atom. The van der Waals surface area contributed by atoms with E-state index in [1.54, 1.807) is 19.2 Å². The lowest BCUT2D eigenvalue weighted by Gasteiger charge is -2.32. The standard InChI is InChI=1S/C17H17FN2O3/c1-2-23-15(21)12-9-20-7-3-4-14(20)17(12)11-8-10(18)5-6-13(11)19-16(17)22/h5-6,8-9,14H,2-4,7H2,1H3,(H,19,22). The third-order valence-corrected chi connectivity index (χ3v) is 5.02. The molecule has 4 rings (SSSR count). The molecule has 1 saturated heterocycles. The Hall–Kier alpha value is -2.37. The van der Waals surface area contributed by atoms with E-state index in [0.29, 0.717) is 16.8 Å². The van der Waals surface area contributed by atoms with Crippen LogP contribution in [-0.2, 0) is 19.7 Å². The Morgan fingerprint density at radius 1 is 1.52 bits per heavy atom. The minimum absolute atomic E-state index is 0.162. The molecule has 2 unspecified atom stereocenters. The first-order valence-corrected chi connectivity index (χ1v) is 7.85. The molecular formula is C17H17FN2O3. The maximum absolute atomic E-state index is 13.9. The van der Waals surface area contributed by atoms with E-state index in [1.165, 1.54) is 12.1 Å². The van der Waals surface area contributed by atoms with Gasteiger partial charge in [-0.15, -0.1) is 0 Å². The molecule has 0 saturated carbocycles. The second-order valence-corrected chi connectivity index (χ2v) is 6.11. The molecule has 3 aliphatic heterocycles. The molecular weight excluding hydrogens is 299 g/mol. The Balaban J connectivity index is 1.93. The van der Waals surface area contributed by atoms with Gasteiger partial charge in [-0.1, -0.05) is 0 Å². The lowest BCUT2D eigenvalue weighted by atomic mass is 9.70. The van der Waals surface area contributed by atoms with Gasteiger partial charge < -0.3 is 15.0 Å². The average Bonchev–Trinajstić information content (AvgIpc) is 3.15. The average molecular weight is 316 g/mol. The Bertz CT molecular complexity index is 745. The summed E-state index contributed by atoms with van der Waals surface area (Å²) >= 11 is 0. The van der Waals surface area contributed by atoms with Crippen molar-refractivity contribution >= 4 is 17.6 Å². The minimum atomic E-state index is -1.17. The van der Waals surface area contributed by atoms with Crippen molar-refractivity contribution in [3.05, 3.63) is 41.4 Å². The molecule has 120 valence electrons. The van der Waals surface area contributed by atoms with Gasteiger partial charge >= 0.3 is 5.97 Å². The van der Waals surface area contributed by atoms with E-state index in [9.17, 15) is 14.0 Å². The van der Waals surface area contributed by atoms with Crippen LogP contribution < -0.4 is 5.32 Å². The van der Waals surface area contributed by atoms with Crippen molar-refractivity contribution in [2.45, 2.75) is 31.2 Å². The van der Waals surface area contributed by atoms with E-state index in [4.69, 9.17) is 4.74 Å². The van der Waals surface area contributed by atoms with Gasteiger partial charge in [0.25, 0.3) is 0 Å². The predicted molar refractivity (Wildman–Crippen MR) is 81.2 cm³/mol. The molecule has 23 heavy (non-hydrogen) atoms. The van der Waals surface area contributed by atoms with Gasteiger partial charge in [-0.2, -0.15) is 0 Å². The largest absolute Gasteiger partial charge is 0.463 e. The number of esters is 1. The van der Waals surface area contributed by atoms with Gasteiger partial charge in [0.2, 0.25) is 5.91 Å². The summed E-state index contributed by atoms with van der Waals surface area (Å²) in [6.07, 6.45) is 3.45. The molecule has 0 bridgehead atoms. The fourth-order valence-electron chi connectivity index (χ4n) is 4.17. The van der Waals surface area contributed by atoms with Gasteiger partial charge in [0.05, 0.1) is 18.2 Å². The van der Waals surface area contributed by atoms with Crippen molar-refractivity contribution in [2.75, 3.05) is 18.5 Å². The van der Waals surface area contributed by atoms with Crippen LogP contribution in [-0.4, -0.2) is 36.0 Å². The summed E-state index contributed by atoms with van der Waals surface area (Å²) in [6.45, 7) is 2.74. The summed E-state index contributed by atoms with van der Waals surface area (Å²) in [5.74, 6) is -1.19. The zero-order valence-electron chi connectivity index (χ0n) is 12.8. The van der Waals surface area contributed by atoms with Crippen molar-refractivity contribution in [2.24, 2.45) is 0 Å². The molecule has 1 aromatic rings. The van der Waals surface area contributed by atoms with Gasteiger partial charge in [-0.05, 0) is 38.0 Å². The van der Waals surface area contributed by atoms with Crippen molar-refractivity contribution < 1.29 is 18.7 Å². The third kappa shape index (κ3) is 1.72. The molecule has 2 atom stereocenters. The Labute approximate surface area is 133 Å². The number of nitrogens with zero attached hydrogens (tertiary/aromatic N) is 1. The van der Waals surface area contributed by atoms with Crippen LogP contribution in [0.2, 0.25) is 0 Å². The first-order chi connectivity index (χ1) is 11.1. The summed E-state index contributed by atoms with van der Waals surface area (Å²) in [4.78, 5) is 27.4. The van der Waals surface area contributed by atoms with Gasteiger partial charge in [0, 0.05) is 24.0 Å². The van der Waals surface area contributed by atoms with E-state index in [0.717, 1.165) is 19.4 Å². The minimum Gasteiger partial charge on any atom is -0.463 e. The molecule has 1 N–H and O–H groups in total. The van der Waals surface area contributed by atoms with Crippen LogP contribution in [0.4, 0.5) is 10.1 Å². The highest BCUT2D eigenvalue weighted by atomic mass is 19.1. The Kier molecular flexibility index (Phi) is 2.98. The fraction of sp³-hybridized carbons (Fsp3) is 0.412. The van der Waals surface area contributed by atoms with Crippen LogP contribution in [0.1, 0.15) is 25.3 Å². The summed E-state index contributed by atoms with van der Waals surface area (Å²) in [5.41, 5.74) is 0.252. The van der Waals surface area contributed by atoms with Crippen LogP contribution >= 0.6 is 0 Å². The van der Waals surface area contributed by atoms with E-state index < -0.39 is 17.2 Å². The van der Waals surface area contributed by atoms with Crippen LogP contribution in [0, 0.1) is 5.82 Å². The SMILES string of the molecule is CCOC(=O)C1=CN2CCCC2C12C(=O)Nc1ccc(F)cc12. The first-order valence-electron chi connectivity index (χ1n) is 7.85. The van der Waals surface area contributed by atoms with Gasteiger partial charge in [0.1, 0.15) is 11.2 Å². The zero-order chi connectivity index (χ0) is 16.2. The number of anilines is 1. The maximum Gasteiger partial charge on any atom is 0.337 e. The van der Waals surface area contributed by atoms with Crippen molar-refractivity contribution in [3.63, 3.8) is 0 Å². The second-order valence-electron chi connectivity index (χ2n) is 6.11. The second kappa shape index (κ2) is 4.81. The lowest BCUT2D eigenvalue weighted by Crippen LogP contribution is -2.48. The summed E-state index contributed by atoms with van der Waals surface area (Å²) < 4.78 is 19.0. The molecule has 0 aromatic heterocycles. The molecule has 5 nitrogen and oxygen atoms in total. The van der Waals surface area contributed by atoms with E-state index >= 15 is 0 Å². The van der Waals surface area contributed by atoms with Crippen molar-refractivity contribution in [3.8, 4) is 0 Å². The Morgan fingerprint density at radius 2 is 2.35 bits per heavy atom. The monoisotopic (exact) mass is 316 g/mol. The number of nitrogens with one attached hydrogen (secondary N) is 1. The van der Waals surface area contributed by atoms with Crippen LogP contribution in [0.25, 0.3) is 0 Å². The van der Waals surface area contributed by atoms with Crippen molar-refractivity contribution in [1.29, 1.82) is 0 Å².